The molecule has 24 heavy (non-hydrogen) atoms. The Morgan fingerprint density at radius 3 is 2.71 bits per heavy atom. The van der Waals surface area contributed by atoms with Gasteiger partial charge in [-0.15, -0.1) is 0 Å². The van der Waals surface area contributed by atoms with E-state index in [9.17, 15) is 9.18 Å². The number of hydrogen-bond acceptors (Lipinski definition) is 4. The van der Waals surface area contributed by atoms with Gasteiger partial charge in [0.25, 0.3) is 0 Å². The number of halogens is 1. The zero-order chi connectivity index (χ0) is 16.5. The van der Waals surface area contributed by atoms with Crippen LogP contribution in [0.25, 0.3) is 0 Å². The van der Waals surface area contributed by atoms with Crippen molar-refractivity contribution in [2.24, 2.45) is 5.92 Å². The average Bonchev–Trinajstić information content (AvgIpc) is 3.16. The first kappa shape index (κ1) is 15.3. The molecule has 0 unspecified atom stereocenters. The monoisotopic (exact) mass is 329 g/mol. The van der Waals surface area contributed by atoms with Crippen LogP contribution >= 0.6 is 0 Å². The topological polar surface area (TPSA) is 59.2 Å². The summed E-state index contributed by atoms with van der Waals surface area (Å²) >= 11 is 0. The van der Waals surface area contributed by atoms with E-state index >= 15 is 0 Å². The maximum absolute atomic E-state index is 13.0. The second-order valence-electron chi connectivity index (χ2n) is 6.67. The number of amides is 1. The van der Waals surface area contributed by atoms with Gasteiger partial charge >= 0.3 is 0 Å². The van der Waals surface area contributed by atoms with Gasteiger partial charge in [-0.25, -0.2) is 4.39 Å². The third-order valence-electron chi connectivity index (χ3n) is 5.03. The lowest BCUT2D eigenvalue weighted by atomic mass is 9.84. The zero-order valence-corrected chi connectivity index (χ0v) is 13.4. The Bertz CT molecular complexity index is 724. The van der Waals surface area contributed by atoms with Gasteiger partial charge in [0.05, 0.1) is 0 Å². The zero-order valence-electron chi connectivity index (χ0n) is 13.4. The Kier molecular flexibility index (Phi) is 4.04. The predicted molar refractivity (Wildman–Crippen MR) is 84.5 cm³/mol. The molecule has 126 valence electrons. The second kappa shape index (κ2) is 6.34. The first-order chi connectivity index (χ1) is 11.7. The van der Waals surface area contributed by atoms with Gasteiger partial charge in [0.15, 0.2) is 5.82 Å². The third-order valence-corrected chi connectivity index (χ3v) is 5.03. The van der Waals surface area contributed by atoms with Gasteiger partial charge in [-0.05, 0) is 43.4 Å². The van der Waals surface area contributed by atoms with Crippen LogP contribution in [0, 0.1) is 11.7 Å². The van der Waals surface area contributed by atoms with Crippen molar-refractivity contribution in [1.82, 2.24) is 15.0 Å². The van der Waals surface area contributed by atoms with E-state index in [4.69, 9.17) is 4.52 Å². The van der Waals surface area contributed by atoms with Crippen LogP contribution in [0.4, 0.5) is 4.39 Å². The number of likely N-dealkylation sites (tertiary alicyclic amines) is 1. The van der Waals surface area contributed by atoms with E-state index in [-0.39, 0.29) is 23.7 Å². The van der Waals surface area contributed by atoms with Crippen molar-refractivity contribution in [2.45, 2.75) is 44.6 Å². The van der Waals surface area contributed by atoms with E-state index in [1.165, 1.54) is 12.1 Å². The second-order valence-corrected chi connectivity index (χ2v) is 6.67. The van der Waals surface area contributed by atoms with Crippen molar-refractivity contribution in [1.29, 1.82) is 0 Å². The molecule has 0 radical (unpaired) electrons. The molecule has 2 aliphatic rings. The van der Waals surface area contributed by atoms with Crippen LogP contribution in [0.2, 0.25) is 0 Å². The van der Waals surface area contributed by atoms with Gasteiger partial charge in [-0.1, -0.05) is 23.7 Å². The van der Waals surface area contributed by atoms with Gasteiger partial charge in [-0.3, -0.25) is 4.79 Å². The lowest BCUT2D eigenvalue weighted by molar-refractivity contribution is -0.139. The van der Waals surface area contributed by atoms with Gasteiger partial charge in [0.1, 0.15) is 11.9 Å². The Balaban J connectivity index is 1.47. The Labute approximate surface area is 139 Å². The summed E-state index contributed by atoms with van der Waals surface area (Å²) in [4.78, 5) is 18.9. The fraction of sp³-hybridized carbons (Fsp3) is 0.500. The molecular weight excluding hydrogens is 309 g/mol. The van der Waals surface area contributed by atoms with Gasteiger partial charge in [0, 0.05) is 18.9 Å². The predicted octanol–water partition coefficient (Wildman–Crippen LogP) is 3.26. The molecule has 1 aromatic carbocycles. The van der Waals surface area contributed by atoms with Crippen LogP contribution in [-0.2, 0) is 11.2 Å². The molecule has 2 heterocycles. The van der Waals surface area contributed by atoms with Crippen LogP contribution in [0.3, 0.4) is 0 Å². The van der Waals surface area contributed by atoms with E-state index in [2.05, 4.69) is 10.1 Å². The standard InChI is InChI=1S/C18H20FN3O2/c19-14-8-6-12(7-9-14)11-16-20-17(24-21-16)15-5-2-10-22(15)18(23)13-3-1-4-13/h6-9,13,15H,1-5,10-11H2/t15-/m0/s1. The molecule has 0 spiro atoms. The average molecular weight is 329 g/mol. The van der Waals surface area contributed by atoms with E-state index in [0.29, 0.717) is 18.1 Å². The molecule has 1 atom stereocenters. The molecule has 6 heteroatoms. The fourth-order valence-electron chi connectivity index (χ4n) is 3.44. The molecule has 1 saturated carbocycles. The van der Waals surface area contributed by atoms with E-state index in [1.54, 1.807) is 12.1 Å². The summed E-state index contributed by atoms with van der Waals surface area (Å²) in [6.07, 6.45) is 5.49. The first-order valence-corrected chi connectivity index (χ1v) is 8.58. The smallest absolute Gasteiger partial charge is 0.249 e. The molecule has 1 amide bonds. The summed E-state index contributed by atoms with van der Waals surface area (Å²) in [6, 6.07) is 6.19. The number of carbonyl (C=O) groups excluding carboxylic acids is 1. The van der Waals surface area contributed by atoms with Crippen LogP contribution < -0.4 is 0 Å². The minimum absolute atomic E-state index is 0.0902. The maximum atomic E-state index is 13.0. The highest BCUT2D eigenvalue weighted by Crippen LogP contribution is 2.36. The Hall–Kier alpha value is -2.24. The molecule has 5 nitrogen and oxygen atoms in total. The molecule has 1 aliphatic heterocycles. The molecule has 1 aromatic heterocycles. The van der Waals surface area contributed by atoms with Crippen LogP contribution in [0.15, 0.2) is 28.8 Å². The largest absolute Gasteiger partial charge is 0.337 e. The fourth-order valence-corrected chi connectivity index (χ4v) is 3.44. The number of nitrogens with zero attached hydrogens (tertiary/aromatic N) is 3. The molecule has 0 N–H and O–H groups in total. The van der Waals surface area contributed by atoms with Gasteiger partial charge in [-0.2, -0.15) is 4.98 Å². The van der Waals surface area contributed by atoms with Crippen molar-refractivity contribution >= 4 is 5.91 Å². The maximum Gasteiger partial charge on any atom is 0.249 e. The normalized spacial score (nSPS) is 21.0. The van der Waals surface area contributed by atoms with Crippen molar-refractivity contribution in [2.75, 3.05) is 6.54 Å². The third kappa shape index (κ3) is 2.92. The van der Waals surface area contributed by atoms with Gasteiger partial charge < -0.3 is 9.42 Å². The lowest BCUT2D eigenvalue weighted by Crippen LogP contribution is -2.38. The van der Waals surface area contributed by atoms with Crippen LogP contribution in [-0.4, -0.2) is 27.5 Å². The first-order valence-electron chi connectivity index (χ1n) is 8.58. The lowest BCUT2D eigenvalue weighted by Gasteiger charge is -2.31. The molecule has 4 rings (SSSR count). The quantitative estimate of drug-likeness (QED) is 0.864. The molecule has 1 saturated heterocycles. The summed E-state index contributed by atoms with van der Waals surface area (Å²) in [7, 11) is 0. The number of rotatable bonds is 4. The van der Waals surface area contributed by atoms with Crippen molar-refractivity contribution < 1.29 is 13.7 Å². The Morgan fingerprint density at radius 1 is 1.21 bits per heavy atom. The van der Waals surface area contributed by atoms with Crippen molar-refractivity contribution in [3.63, 3.8) is 0 Å². The van der Waals surface area contributed by atoms with E-state index in [0.717, 1.165) is 44.2 Å². The highest BCUT2D eigenvalue weighted by Gasteiger charge is 2.38. The number of hydrogen-bond donors (Lipinski definition) is 0. The van der Waals surface area contributed by atoms with Crippen LogP contribution in [0.1, 0.15) is 55.4 Å². The van der Waals surface area contributed by atoms with E-state index in [1.807, 2.05) is 4.90 Å². The SMILES string of the molecule is O=C(C1CCC1)N1CCC[C@H]1c1nc(Cc2ccc(F)cc2)no1. The van der Waals surface area contributed by atoms with Crippen molar-refractivity contribution in [3.8, 4) is 0 Å². The molecule has 1 aliphatic carbocycles. The summed E-state index contributed by atoms with van der Waals surface area (Å²) < 4.78 is 18.4. The minimum atomic E-state index is -0.261. The highest BCUT2D eigenvalue weighted by atomic mass is 19.1. The molecule has 2 fully saturated rings. The minimum Gasteiger partial charge on any atom is -0.337 e. The highest BCUT2D eigenvalue weighted by molar-refractivity contribution is 5.80. The molecule has 0 bridgehead atoms. The van der Waals surface area contributed by atoms with E-state index < -0.39 is 0 Å². The summed E-state index contributed by atoms with van der Waals surface area (Å²) in [5.74, 6) is 1.26. The van der Waals surface area contributed by atoms with Crippen LogP contribution in [0.5, 0.6) is 0 Å². The summed E-state index contributed by atoms with van der Waals surface area (Å²) in [5.41, 5.74) is 0.928. The summed E-state index contributed by atoms with van der Waals surface area (Å²) in [6.45, 7) is 0.773. The van der Waals surface area contributed by atoms with Crippen molar-refractivity contribution in [3.05, 3.63) is 47.4 Å². The van der Waals surface area contributed by atoms with Gasteiger partial charge in [0.2, 0.25) is 11.8 Å². The molecule has 2 aromatic rings. The molecular formula is C18H20FN3O2. The number of benzene rings is 1. The number of aromatic nitrogens is 2. The summed E-state index contributed by atoms with van der Waals surface area (Å²) in [5, 5.41) is 4.03. The number of carbonyl (C=O) groups is 1. The Morgan fingerprint density at radius 2 is 2.00 bits per heavy atom.